The number of hydrogen-bond donors (Lipinski definition) is 1. The lowest BCUT2D eigenvalue weighted by Crippen LogP contribution is -2.33. The van der Waals surface area contributed by atoms with Gasteiger partial charge in [-0.15, -0.1) is 0 Å². The van der Waals surface area contributed by atoms with Gasteiger partial charge < -0.3 is 10.1 Å². The topological polar surface area (TPSA) is 125 Å². The maximum atomic E-state index is 13.6. The molecule has 35 heavy (non-hydrogen) atoms. The minimum Gasteiger partial charge on any atom is -0.490 e. The normalized spacial score (nSPS) is 18.5. The maximum absolute atomic E-state index is 13.6. The molecule has 0 radical (unpaired) electrons. The van der Waals surface area contributed by atoms with Crippen LogP contribution < -0.4 is 10.1 Å². The number of non-ortho nitro benzene ring substituents is 1. The highest BCUT2D eigenvalue weighted by Gasteiger charge is 2.43. The number of nitro benzene ring substituents is 2. The van der Waals surface area contributed by atoms with Crippen LogP contribution in [-0.4, -0.2) is 22.7 Å². The number of nitro groups is 2. The first-order chi connectivity index (χ1) is 16.6. The van der Waals surface area contributed by atoms with Gasteiger partial charge in [-0.1, -0.05) is 44.2 Å². The standard InChI is InChI=1S/C26H23N3O6/c1-26(2)12-18-22-16-7-5-4-6-14(16)8-9-19(22)27-24(23(18)21(30)13-26)17-10-15(28(31)32)11-20(29(33)34)25(17)35-3/h4-11,24,27H,12-13H2,1-3H3/t24-/m1/s1. The van der Waals surface area contributed by atoms with E-state index in [4.69, 9.17) is 4.74 Å². The van der Waals surface area contributed by atoms with Crippen molar-refractivity contribution in [2.75, 3.05) is 12.4 Å². The van der Waals surface area contributed by atoms with Crippen LogP contribution in [0.3, 0.4) is 0 Å². The summed E-state index contributed by atoms with van der Waals surface area (Å²) in [6.07, 6.45) is 0.913. The number of rotatable bonds is 4. The highest BCUT2D eigenvalue weighted by Crippen LogP contribution is 2.54. The molecule has 9 nitrogen and oxygen atoms in total. The molecule has 0 unspecified atom stereocenters. The molecule has 0 bridgehead atoms. The van der Waals surface area contributed by atoms with Crippen molar-refractivity contribution in [3.63, 3.8) is 0 Å². The number of ether oxygens (including phenoxy) is 1. The van der Waals surface area contributed by atoms with Gasteiger partial charge in [-0.3, -0.25) is 25.0 Å². The Kier molecular flexibility index (Phi) is 5.08. The van der Waals surface area contributed by atoms with Crippen molar-refractivity contribution >= 4 is 39.2 Å². The van der Waals surface area contributed by atoms with Crippen LogP contribution in [0.1, 0.15) is 43.9 Å². The fourth-order valence-corrected chi connectivity index (χ4v) is 5.37. The second-order valence-electron chi connectivity index (χ2n) is 9.72. The van der Waals surface area contributed by atoms with E-state index in [2.05, 4.69) is 5.32 Å². The number of methoxy groups -OCH3 is 1. The lowest BCUT2D eigenvalue weighted by Gasteiger charge is -2.40. The predicted molar refractivity (Wildman–Crippen MR) is 132 cm³/mol. The lowest BCUT2D eigenvalue weighted by atomic mass is 9.67. The molecule has 0 fully saturated rings. The molecule has 3 aromatic rings. The summed E-state index contributed by atoms with van der Waals surface area (Å²) in [4.78, 5) is 35.6. The molecule has 1 aliphatic heterocycles. The third-order valence-electron chi connectivity index (χ3n) is 6.74. The maximum Gasteiger partial charge on any atom is 0.318 e. The number of ketones is 1. The Morgan fingerprint density at radius 2 is 1.77 bits per heavy atom. The third kappa shape index (κ3) is 3.60. The molecule has 9 heteroatoms. The van der Waals surface area contributed by atoms with Gasteiger partial charge in [-0.25, -0.2) is 0 Å². The van der Waals surface area contributed by atoms with Gasteiger partial charge in [-0.05, 0) is 34.2 Å². The van der Waals surface area contributed by atoms with Crippen LogP contribution in [0, 0.1) is 25.6 Å². The molecule has 1 heterocycles. The molecule has 0 saturated carbocycles. The monoisotopic (exact) mass is 473 g/mol. The average molecular weight is 473 g/mol. The van der Waals surface area contributed by atoms with Crippen LogP contribution in [0.5, 0.6) is 5.75 Å². The summed E-state index contributed by atoms with van der Waals surface area (Å²) in [6, 6.07) is 13.1. The van der Waals surface area contributed by atoms with E-state index in [1.807, 2.05) is 50.2 Å². The molecule has 0 aromatic heterocycles. The second kappa shape index (κ2) is 7.90. The van der Waals surface area contributed by atoms with Crippen LogP contribution in [0.25, 0.3) is 16.3 Å². The smallest absolute Gasteiger partial charge is 0.318 e. The van der Waals surface area contributed by atoms with Crippen LogP contribution in [0.4, 0.5) is 17.1 Å². The number of Topliss-reactive ketones (excluding diaryl/α,β-unsaturated/α-hetero) is 1. The van der Waals surface area contributed by atoms with Crippen molar-refractivity contribution in [1.29, 1.82) is 0 Å². The molecule has 0 amide bonds. The highest BCUT2D eigenvalue weighted by molar-refractivity contribution is 6.13. The van der Waals surface area contributed by atoms with Crippen LogP contribution in [-0.2, 0) is 4.79 Å². The minimum absolute atomic E-state index is 0.0939. The van der Waals surface area contributed by atoms with Crippen molar-refractivity contribution in [1.82, 2.24) is 0 Å². The van der Waals surface area contributed by atoms with Crippen molar-refractivity contribution in [2.24, 2.45) is 5.41 Å². The van der Waals surface area contributed by atoms with Gasteiger partial charge in [0.25, 0.3) is 5.69 Å². The van der Waals surface area contributed by atoms with E-state index < -0.39 is 27.3 Å². The van der Waals surface area contributed by atoms with Gasteiger partial charge >= 0.3 is 5.69 Å². The quantitative estimate of drug-likeness (QED) is 0.365. The number of carbonyl (C=O) groups is 1. The number of allylic oxidation sites excluding steroid dienone is 1. The van der Waals surface area contributed by atoms with Crippen molar-refractivity contribution in [3.8, 4) is 5.75 Å². The summed E-state index contributed by atoms with van der Waals surface area (Å²) < 4.78 is 5.40. The third-order valence-corrected chi connectivity index (χ3v) is 6.74. The number of hydrogen-bond acceptors (Lipinski definition) is 7. The number of nitrogens with zero attached hydrogens (tertiary/aromatic N) is 2. The van der Waals surface area contributed by atoms with Crippen LogP contribution in [0.2, 0.25) is 0 Å². The summed E-state index contributed by atoms with van der Waals surface area (Å²) in [6.45, 7) is 4.07. The first-order valence-electron chi connectivity index (χ1n) is 11.2. The summed E-state index contributed by atoms with van der Waals surface area (Å²) >= 11 is 0. The molecule has 5 rings (SSSR count). The van der Waals surface area contributed by atoms with E-state index in [0.717, 1.165) is 33.7 Å². The van der Waals surface area contributed by atoms with Crippen LogP contribution in [0.15, 0.2) is 54.1 Å². The SMILES string of the molecule is COc1c([C@H]2Nc3ccc4ccccc4c3C3=C2C(=O)CC(C)(C)C3)cc([N+](=O)[O-])cc1[N+](=O)[O-]. The number of nitrogens with one attached hydrogen (secondary N) is 1. The number of fused-ring (bicyclic) bond motifs is 4. The molecule has 1 aliphatic carbocycles. The molecule has 1 N–H and O–H groups in total. The van der Waals surface area contributed by atoms with Crippen molar-refractivity contribution in [3.05, 3.63) is 85.5 Å². The number of benzene rings is 3. The summed E-state index contributed by atoms with van der Waals surface area (Å²) in [5, 5.41) is 28.8. The molecule has 3 aromatic carbocycles. The Morgan fingerprint density at radius 1 is 1.03 bits per heavy atom. The molecular weight excluding hydrogens is 450 g/mol. The highest BCUT2D eigenvalue weighted by atomic mass is 16.6. The Bertz CT molecular complexity index is 1470. The molecule has 178 valence electrons. The molecular formula is C26H23N3O6. The predicted octanol–water partition coefficient (Wildman–Crippen LogP) is 5.97. The summed E-state index contributed by atoms with van der Waals surface area (Å²) in [7, 11) is 1.28. The van der Waals surface area contributed by atoms with E-state index in [1.165, 1.54) is 13.2 Å². The van der Waals surface area contributed by atoms with Gasteiger partial charge in [0.15, 0.2) is 5.78 Å². The van der Waals surface area contributed by atoms with Gasteiger partial charge in [0.2, 0.25) is 5.75 Å². The Balaban J connectivity index is 1.84. The minimum atomic E-state index is -0.837. The van der Waals surface area contributed by atoms with E-state index in [-0.39, 0.29) is 22.5 Å². The summed E-state index contributed by atoms with van der Waals surface area (Å²) in [5.41, 5.74) is 1.96. The zero-order valence-corrected chi connectivity index (χ0v) is 19.5. The van der Waals surface area contributed by atoms with Crippen LogP contribution >= 0.6 is 0 Å². The van der Waals surface area contributed by atoms with E-state index in [0.29, 0.717) is 18.4 Å². The van der Waals surface area contributed by atoms with E-state index >= 15 is 0 Å². The Morgan fingerprint density at radius 3 is 2.46 bits per heavy atom. The Hall–Kier alpha value is -4.27. The molecule has 0 saturated heterocycles. The first kappa shape index (κ1) is 22.5. The van der Waals surface area contributed by atoms with Gasteiger partial charge in [0.1, 0.15) is 0 Å². The second-order valence-corrected chi connectivity index (χ2v) is 9.72. The largest absolute Gasteiger partial charge is 0.490 e. The number of carbonyl (C=O) groups excluding carboxylic acids is 1. The summed E-state index contributed by atoms with van der Waals surface area (Å²) in [5.74, 6) is -0.199. The van der Waals surface area contributed by atoms with Crippen molar-refractivity contribution in [2.45, 2.75) is 32.7 Å². The van der Waals surface area contributed by atoms with Gasteiger partial charge in [0, 0.05) is 34.9 Å². The van der Waals surface area contributed by atoms with E-state index in [1.54, 1.807) is 0 Å². The molecule has 1 atom stereocenters. The van der Waals surface area contributed by atoms with Crippen molar-refractivity contribution < 1.29 is 19.4 Å². The first-order valence-corrected chi connectivity index (χ1v) is 11.2. The fourth-order valence-electron chi connectivity index (χ4n) is 5.37. The number of anilines is 1. The molecule has 0 spiro atoms. The zero-order valence-electron chi connectivity index (χ0n) is 19.5. The molecule has 2 aliphatic rings. The average Bonchev–Trinajstić information content (AvgIpc) is 2.81. The van der Waals surface area contributed by atoms with E-state index in [9.17, 15) is 25.0 Å². The van der Waals surface area contributed by atoms with Gasteiger partial charge in [0.05, 0.1) is 29.1 Å². The zero-order chi connectivity index (χ0) is 25.1. The fraction of sp³-hybridized carbons (Fsp3) is 0.269. The Labute approximate surface area is 200 Å². The lowest BCUT2D eigenvalue weighted by molar-refractivity contribution is -0.394. The van der Waals surface area contributed by atoms with Gasteiger partial charge in [-0.2, -0.15) is 0 Å².